The normalized spacial score (nSPS) is 13.9. The third-order valence-corrected chi connectivity index (χ3v) is 13.6. The van der Waals surface area contributed by atoms with Crippen LogP contribution in [-0.2, 0) is 10.8 Å². The molecule has 0 N–H and O–H groups in total. The topological polar surface area (TPSA) is 21.3 Å². The lowest BCUT2D eigenvalue weighted by Gasteiger charge is -2.42. The van der Waals surface area contributed by atoms with Gasteiger partial charge in [-0.1, -0.05) is 108 Å². The summed E-state index contributed by atoms with van der Waals surface area (Å²) in [5.74, 6) is 0. The minimum Gasteiger partial charge on any atom is -0.456 e. The van der Waals surface area contributed by atoms with Gasteiger partial charge in [0.1, 0.15) is 11.2 Å². The zero-order valence-corrected chi connectivity index (χ0v) is 32.7. The van der Waals surface area contributed by atoms with Crippen LogP contribution >= 0.6 is 11.3 Å². The van der Waals surface area contributed by atoms with Gasteiger partial charge in [0, 0.05) is 64.3 Å². The molecule has 0 saturated carbocycles. The van der Waals surface area contributed by atoms with Crippen LogP contribution in [0.25, 0.3) is 80.7 Å². The minimum absolute atomic E-state index is 0.00924. The standard InChI is InChI=1S/C50H39BN2OS/c1-49(2,3)28-15-18-30(19-16-28)53-40-22-17-29(50(4,5)6)23-35(40)33-20-21-34-36-24-38-32-12-8-10-14-45(32)55-46(38)27-41(36)52-42-25-37-31-11-7-9-13-43(31)54-44(37)26-39(42)51(53)47(33)48(34)52/h7-27H,1-6H3. The molecule has 0 saturated heterocycles. The molecule has 0 amide bonds. The lowest BCUT2D eigenvalue weighted by atomic mass is 9.44. The number of anilines is 2. The predicted molar refractivity (Wildman–Crippen MR) is 237 cm³/mol. The average molecular weight is 727 g/mol. The van der Waals surface area contributed by atoms with Crippen LogP contribution in [0, 0.1) is 0 Å². The number of rotatable bonds is 1. The van der Waals surface area contributed by atoms with Crippen LogP contribution in [0.15, 0.2) is 132 Å². The highest BCUT2D eigenvalue weighted by atomic mass is 32.1. The summed E-state index contributed by atoms with van der Waals surface area (Å²) in [6.07, 6.45) is 0. The van der Waals surface area contributed by atoms with E-state index in [1.165, 1.54) is 92.2 Å². The molecule has 55 heavy (non-hydrogen) atoms. The Bertz CT molecular complexity index is 3290. The SMILES string of the molecule is CC(C)(C)c1ccc(N2B3c4cc5oc6ccccc6c5cc4-n4c5cc6sc7ccccc7c6cc5c5ccc(c3c54)-c3cc(C(C)(C)C)ccc32)cc1. The summed E-state index contributed by atoms with van der Waals surface area (Å²) in [5.41, 5.74) is 16.0. The van der Waals surface area contributed by atoms with E-state index in [1.807, 2.05) is 11.3 Å². The molecule has 10 aromatic rings. The van der Waals surface area contributed by atoms with Crippen molar-refractivity contribution in [3.05, 3.63) is 139 Å². The van der Waals surface area contributed by atoms with E-state index in [9.17, 15) is 0 Å². The molecule has 2 aliphatic heterocycles. The zero-order valence-electron chi connectivity index (χ0n) is 31.9. The van der Waals surface area contributed by atoms with Gasteiger partial charge in [0.2, 0.25) is 0 Å². The third-order valence-electron chi connectivity index (χ3n) is 12.5. The van der Waals surface area contributed by atoms with Crippen molar-refractivity contribution in [1.29, 1.82) is 0 Å². The summed E-state index contributed by atoms with van der Waals surface area (Å²) in [7, 11) is 0. The van der Waals surface area contributed by atoms with Gasteiger partial charge in [-0.05, 0) is 99.1 Å². The summed E-state index contributed by atoms with van der Waals surface area (Å²) in [4.78, 5) is 2.62. The van der Waals surface area contributed by atoms with Gasteiger partial charge in [0.25, 0.3) is 0 Å². The Balaban J connectivity index is 1.26. The van der Waals surface area contributed by atoms with Crippen LogP contribution in [0.3, 0.4) is 0 Å². The van der Waals surface area contributed by atoms with Gasteiger partial charge < -0.3 is 13.8 Å². The molecule has 0 unspecified atom stereocenters. The van der Waals surface area contributed by atoms with Crippen molar-refractivity contribution in [2.24, 2.45) is 0 Å². The second-order valence-electron chi connectivity index (χ2n) is 17.8. The molecule has 3 nitrogen and oxygen atoms in total. The fourth-order valence-electron chi connectivity index (χ4n) is 9.70. The van der Waals surface area contributed by atoms with Crippen LogP contribution in [0.1, 0.15) is 52.7 Å². The Morgan fingerprint density at radius 2 is 1.27 bits per heavy atom. The van der Waals surface area contributed by atoms with E-state index in [-0.39, 0.29) is 17.7 Å². The van der Waals surface area contributed by atoms with Gasteiger partial charge in [0.05, 0.1) is 11.0 Å². The van der Waals surface area contributed by atoms with Gasteiger partial charge in [-0.25, -0.2) is 0 Å². The highest BCUT2D eigenvalue weighted by Crippen LogP contribution is 2.48. The van der Waals surface area contributed by atoms with Gasteiger partial charge in [-0.3, -0.25) is 0 Å². The molecule has 7 aromatic carbocycles. The molecule has 0 fully saturated rings. The van der Waals surface area contributed by atoms with Crippen molar-refractivity contribution in [3.8, 4) is 16.8 Å². The van der Waals surface area contributed by atoms with Crippen molar-refractivity contribution in [2.75, 3.05) is 4.81 Å². The maximum Gasteiger partial charge on any atom is 0.333 e. The Labute approximate surface area is 324 Å². The molecule has 2 aliphatic rings. The molecule has 5 heterocycles. The Kier molecular flexibility index (Phi) is 6.02. The number of para-hydroxylation sites is 1. The molecule has 0 aliphatic carbocycles. The Morgan fingerprint density at radius 3 is 2.07 bits per heavy atom. The van der Waals surface area contributed by atoms with Crippen LogP contribution in [0.2, 0.25) is 0 Å². The summed E-state index contributed by atoms with van der Waals surface area (Å²) in [6, 6.07) is 48.4. The number of hydrogen-bond donors (Lipinski definition) is 0. The van der Waals surface area contributed by atoms with Crippen molar-refractivity contribution >= 4 is 104 Å². The molecule has 0 radical (unpaired) electrons. The van der Waals surface area contributed by atoms with Crippen molar-refractivity contribution in [3.63, 3.8) is 0 Å². The maximum atomic E-state index is 6.67. The summed E-state index contributed by atoms with van der Waals surface area (Å²) in [6.45, 7) is 13.8. The highest BCUT2D eigenvalue weighted by molar-refractivity contribution is 7.25. The molecule has 0 bridgehead atoms. The molecule has 3 aromatic heterocycles. The number of hydrogen-bond acceptors (Lipinski definition) is 3. The number of fused-ring (bicyclic) bond motifs is 14. The molecule has 12 rings (SSSR count). The van der Waals surface area contributed by atoms with Crippen molar-refractivity contribution in [2.45, 2.75) is 52.4 Å². The van der Waals surface area contributed by atoms with Gasteiger partial charge in [-0.15, -0.1) is 11.3 Å². The molecular weight excluding hydrogens is 687 g/mol. The summed E-state index contributed by atoms with van der Waals surface area (Å²) < 4.78 is 11.9. The van der Waals surface area contributed by atoms with Crippen LogP contribution in [0.4, 0.5) is 11.4 Å². The molecular formula is C50H39BN2OS. The second kappa shape index (κ2) is 10.5. The third kappa shape index (κ3) is 4.22. The first-order chi connectivity index (χ1) is 26.5. The van der Waals surface area contributed by atoms with E-state index in [2.05, 4.69) is 178 Å². The van der Waals surface area contributed by atoms with Crippen LogP contribution in [-0.4, -0.2) is 11.4 Å². The summed E-state index contributed by atoms with van der Waals surface area (Å²) >= 11 is 1.89. The predicted octanol–water partition coefficient (Wildman–Crippen LogP) is 12.9. The lowest BCUT2D eigenvalue weighted by molar-refractivity contribution is 0.590. The Morgan fingerprint density at radius 1 is 0.527 bits per heavy atom. The number of nitrogens with zero attached hydrogens (tertiary/aromatic N) is 2. The Hall–Kier alpha value is -5.78. The van der Waals surface area contributed by atoms with E-state index in [0.29, 0.717) is 0 Å². The van der Waals surface area contributed by atoms with Crippen LogP contribution in [0.5, 0.6) is 0 Å². The monoisotopic (exact) mass is 726 g/mol. The van der Waals surface area contributed by atoms with Crippen molar-refractivity contribution in [1.82, 2.24) is 4.57 Å². The summed E-state index contributed by atoms with van der Waals surface area (Å²) in [5, 5.41) is 7.57. The van der Waals surface area contributed by atoms with Gasteiger partial charge >= 0.3 is 6.85 Å². The number of benzene rings is 7. The molecule has 5 heteroatoms. The lowest BCUT2D eigenvalue weighted by Crippen LogP contribution is -2.60. The fraction of sp³-hybridized carbons (Fsp3) is 0.160. The van der Waals surface area contributed by atoms with E-state index in [1.54, 1.807) is 0 Å². The van der Waals surface area contributed by atoms with E-state index < -0.39 is 0 Å². The smallest absolute Gasteiger partial charge is 0.333 e. The number of furan rings is 1. The maximum absolute atomic E-state index is 6.67. The average Bonchev–Trinajstić information content (AvgIpc) is 3.83. The van der Waals surface area contributed by atoms with Gasteiger partial charge in [0.15, 0.2) is 0 Å². The second-order valence-corrected chi connectivity index (χ2v) is 18.9. The first-order valence-electron chi connectivity index (χ1n) is 19.5. The zero-order chi connectivity index (χ0) is 37.1. The quantitative estimate of drug-likeness (QED) is 0.157. The number of thiophene rings is 1. The molecule has 0 atom stereocenters. The van der Waals surface area contributed by atoms with Crippen molar-refractivity contribution < 1.29 is 4.42 Å². The van der Waals surface area contributed by atoms with E-state index >= 15 is 0 Å². The molecule has 264 valence electrons. The van der Waals surface area contributed by atoms with Gasteiger partial charge in [-0.2, -0.15) is 0 Å². The highest BCUT2D eigenvalue weighted by Gasteiger charge is 2.44. The van der Waals surface area contributed by atoms with E-state index in [0.717, 1.165) is 21.9 Å². The molecule has 0 spiro atoms. The largest absolute Gasteiger partial charge is 0.456 e. The first kappa shape index (κ1) is 31.6. The fourth-order valence-corrected chi connectivity index (χ4v) is 10.8. The van der Waals surface area contributed by atoms with E-state index in [4.69, 9.17) is 4.42 Å². The first-order valence-corrected chi connectivity index (χ1v) is 20.3. The minimum atomic E-state index is -0.0708. The van der Waals surface area contributed by atoms with Crippen LogP contribution < -0.4 is 15.7 Å². The number of aromatic nitrogens is 1.